The fourth-order valence-electron chi connectivity index (χ4n) is 4.45. The second-order valence-corrected chi connectivity index (χ2v) is 8.62. The Kier molecular flexibility index (Phi) is 4.42. The fraction of sp³-hybridized carbons (Fsp3) is 0.476. The number of piperidine rings is 1. The summed E-state index contributed by atoms with van der Waals surface area (Å²) in [6.07, 6.45) is 2.27. The Hall–Kier alpha value is -1.65. The Balaban J connectivity index is 1.54. The highest BCUT2D eigenvalue weighted by Gasteiger charge is 2.42. The molecule has 1 aromatic carbocycles. The fourth-order valence-corrected chi connectivity index (χ4v) is 5.39. The number of likely N-dealkylation sites (tertiary alicyclic amines) is 1. The van der Waals surface area contributed by atoms with Gasteiger partial charge in [-0.1, -0.05) is 24.3 Å². The first-order chi connectivity index (χ1) is 12.1. The number of hydrogen-bond donors (Lipinski definition) is 0. The Morgan fingerprint density at radius 1 is 1.20 bits per heavy atom. The van der Waals surface area contributed by atoms with E-state index in [1.807, 2.05) is 16.2 Å². The van der Waals surface area contributed by atoms with Gasteiger partial charge in [0, 0.05) is 36.9 Å². The molecule has 0 N–H and O–H groups in total. The molecule has 1 fully saturated rings. The third-order valence-corrected chi connectivity index (χ3v) is 7.05. The normalized spacial score (nSPS) is 19.8. The van der Waals surface area contributed by atoms with Gasteiger partial charge in [-0.25, -0.2) is 0 Å². The minimum atomic E-state index is 0.140. The Morgan fingerprint density at radius 2 is 1.96 bits per heavy atom. The summed E-state index contributed by atoms with van der Waals surface area (Å²) in [5, 5.41) is 2.19. The molecule has 25 heavy (non-hydrogen) atoms. The number of nitrogens with zero attached hydrogens (tertiary/aromatic N) is 2. The zero-order valence-corrected chi connectivity index (χ0v) is 15.9. The van der Waals surface area contributed by atoms with E-state index in [0.717, 1.165) is 45.6 Å². The molecular weight excluding hydrogens is 328 g/mol. The van der Waals surface area contributed by atoms with Crippen molar-refractivity contribution < 1.29 is 4.79 Å². The molecular formula is C21H26N2OS. The van der Waals surface area contributed by atoms with E-state index >= 15 is 0 Å². The van der Waals surface area contributed by atoms with Gasteiger partial charge in [-0.3, -0.25) is 9.69 Å². The van der Waals surface area contributed by atoms with Crippen molar-refractivity contribution in [2.45, 2.75) is 45.2 Å². The van der Waals surface area contributed by atoms with Gasteiger partial charge in [0.2, 0.25) is 5.91 Å². The van der Waals surface area contributed by atoms with Crippen molar-refractivity contribution in [3.8, 4) is 0 Å². The van der Waals surface area contributed by atoms with Gasteiger partial charge in [0.25, 0.3) is 0 Å². The second-order valence-electron chi connectivity index (χ2n) is 7.62. The lowest BCUT2D eigenvalue weighted by molar-refractivity contribution is -0.131. The van der Waals surface area contributed by atoms with E-state index in [1.165, 1.54) is 21.6 Å². The molecule has 4 rings (SSSR count). The maximum Gasteiger partial charge on any atom is 0.219 e. The zero-order chi connectivity index (χ0) is 17.4. The van der Waals surface area contributed by atoms with Gasteiger partial charge in [0.05, 0.1) is 0 Å². The van der Waals surface area contributed by atoms with Crippen LogP contribution in [-0.4, -0.2) is 35.3 Å². The van der Waals surface area contributed by atoms with Crippen LogP contribution in [0.5, 0.6) is 0 Å². The highest BCUT2D eigenvalue weighted by atomic mass is 32.1. The number of benzene rings is 1. The van der Waals surface area contributed by atoms with Gasteiger partial charge >= 0.3 is 0 Å². The lowest BCUT2D eigenvalue weighted by Crippen LogP contribution is -2.52. The number of thiophene rings is 1. The largest absolute Gasteiger partial charge is 0.338 e. The third kappa shape index (κ3) is 3.13. The molecule has 0 radical (unpaired) electrons. The predicted molar refractivity (Wildman–Crippen MR) is 103 cm³/mol. The van der Waals surface area contributed by atoms with Crippen LogP contribution in [0.2, 0.25) is 0 Å². The van der Waals surface area contributed by atoms with Gasteiger partial charge in [-0.05, 0) is 61.0 Å². The van der Waals surface area contributed by atoms with Crippen molar-refractivity contribution in [2.75, 3.05) is 19.6 Å². The van der Waals surface area contributed by atoms with Crippen molar-refractivity contribution in [2.24, 2.45) is 0 Å². The molecule has 1 saturated heterocycles. The zero-order valence-electron chi connectivity index (χ0n) is 15.1. The molecule has 2 aromatic rings. The van der Waals surface area contributed by atoms with Crippen LogP contribution in [0.25, 0.3) is 0 Å². The summed E-state index contributed by atoms with van der Waals surface area (Å²) in [6.45, 7) is 8.85. The van der Waals surface area contributed by atoms with Gasteiger partial charge in [-0.15, -0.1) is 11.3 Å². The molecule has 2 aliphatic rings. The number of rotatable bonds is 2. The van der Waals surface area contributed by atoms with Crippen molar-refractivity contribution in [1.29, 1.82) is 0 Å². The Labute approximate surface area is 154 Å². The quantitative estimate of drug-likeness (QED) is 0.815. The topological polar surface area (TPSA) is 23.6 Å². The number of carbonyl (C=O) groups excluding carboxylic acids is 1. The average Bonchev–Trinajstić information content (AvgIpc) is 3.02. The number of aryl methyl sites for hydroxylation is 1. The molecule has 3 nitrogen and oxygen atoms in total. The summed E-state index contributed by atoms with van der Waals surface area (Å²) in [7, 11) is 0. The summed E-state index contributed by atoms with van der Waals surface area (Å²) in [6, 6.07) is 11.0. The standard InChI is InChI=1S/C21H26N2OS/c1-16-7-12-25-20(16)14-22-10-8-21(9-11-22)15-23(17(2)24)13-18-5-3-4-6-19(18)21/h3-7,12H,8-11,13-15H2,1-2H3. The molecule has 0 bridgehead atoms. The van der Waals surface area contributed by atoms with E-state index in [2.05, 4.69) is 47.5 Å². The van der Waals surface area contributed by atoms with Crippen molar-refractivity contribution in [3.05, 3.63) is 57.3 Å². The van der Waals surface area contributed by atoms with E-state index in [9.17, 15) is 4.79 Å². The van der Waals surface area contributed by atoms with E-state index in [1.54, 1.807) is 6.92 Å². The van der Waals surface area contributed by atoms with Crippen LogP contribution in [0.15, 0.2) is 35.7 Å². The third-order valence-electron chi connectivity index (χ3n) is 6.04. The van der Waals surface area contributed by atoms with E-state index in [4.69, 9.17) is 0 Å². The maximum atomic E-state index is 12.1. The first kappa shape index (κ1) is 16.8. The van der Waals surface area contributed by atoms with Gasteiger partial charge in [0.15, 0.2) is 0 Å². The van der Waals surface area contributed by atoms with Gasteiger partial charge < -0.3 is 4.90 Å². The number of amides is 1. The first-order valence-corrected chi connectivity index (χ1v) is 10.0. The molecule has 132 valence electrons. The lowest BCUT2D eigenvalue weighted by Gasteiger charge is -2.48. The van der Waals surface area contributed by atoms with Crippen LogP contribution in [0.3, 0.4) is 0 Å². The summed E-state index contributed by atoms with van der Waals surface area (Å²) in [5.74, 6) is 0.200. The number of carbonyl (C=O) groups is 1. The van der Waals surface area contributed by atoms with Crippen LogP contribution in [0.4, 0.5) is 0 Å². The molecule has 1 aromatic heterocycles. The van der Waals surface area contributed by atoms with Crippen molar-refractivity contribution >= 4 is 17.2 Å². The molecule has 0 aliphatic carbocycles. The van der Waals surface area contributed by atoms with Crippen LogP contribution < -0.4 is 0 Å². The van der Waals surface area contributed by atoms with E-state index < -0.39 is 0 Å². The van der Waals surface area contributed by atoms with Crippen LogP contribution in [0, 0.1) is 6.92 Å². The molecule has 0 unspecified atom stereocenters. The smallest absolute Gasteiger partial charge is 0.219 e. The van der Waals surface area contributed by atoms with Gasteiger partial charge in [0.1, 0.15) is 0 Å². The average molecular weight is 355 g/mol. The lowest BCUT2D eigenvalue weighted by atomic mass is 9.69. The summed E-state index contributed by atoms with van der Waals surface area (Å²) in [4.78, 5) is 18.2. The molecule has 3 heterocycles. The van der Waals surface area contributed by atoms with Crippen LogP contribution in [0.1, 0.15) is 41.3 Å². The number of hydrogen-bond acceptors (Lipinski definition) is 3. The highest BCUT2D eigenvalue weighted by molar-refractivity contribution is 7.10. The first-order valence-electron chi connectivity index (χ1n) is 9.17. The summed E-state index contributed by atoms with van der Waals surface area (Å²) in [5.41, 5.74) is 4.38. The molecule has 1 spiro atoms. The highest BCUT2D eigenvalue weighted by Crippen LogP contribution is 2.42. The Morgan fingerprint density at radius 3 is 2.64 bits per heavy atom. The molecule has 0 atom stereocenters. The molecule has 4 heteroatoms. The van der Waals surface area contributed by atoms with Crippen LogP contribution >= 0.6 is 11.3 Å². The molecule has 2 aliphatic heterocycles. The van der Waals surface area contributed by atoms with E-state index in [-0.39, 0.29) is 11.3 Å². The second kappa shape index (κ2) is 6.58. The minimum absolute atomic E-state index is 0.140. The SMILES string of the molecule is CC(=O)N1Cc2ccccc2C2(CCN(Cc3sccc3C)CC2)C1. The molecule has 0 saturated carbocycles. The monoisotopic (exact) mass is 354 g/mol. The Bertz CT molecular complexity index is 774. The summed E-state index contributed by atoms with van der Waals surface area (Å²) >= 11 is 1.87. The maximum absolute atomic E-state index is 12.1. The molecule has 1 amide bonds. The van der Waals surface area contributed by atoms with Gasteiger partial charge in [-0.2, -0.15) is 0 Å². The predicted octanol–water partition coefficient (Wildman–Crippen LogP) is 3.95. The minimum Gasteiger partial charge on any atom is -0.338 e. The number of fused-ring (bicyclic) bond motifs is 2. The summed E-state index contributed by atoms with van der Waals surface area (Å²) < 4.78 is 0. The van der Waals surface area contributed by atoms with E-state index in [0.29, 0.717) is 0 Å². The van der Waals surface area contributed by atoms with Crippen molar-refractivity contribution in [1.82, 2.24) is 9.80 Å². The van der Waals surface area contributed by atoms with Crippen LogP contribution in [-0.2, 0) is 23.3 Å². The van der Waals surface area contributed by atoms with Crippen molar-refractivity contribution in [3.63, 3.8) is 0 Å².